The zero-order valence-electron chi connectivity index (χ0n) is 11.9. The van der Waals surface area contributed by atoms with Crippen molar-refractivity contribution >= 4 is 29.2 Å². The molecule has 1 heterocycles. The number of carbonyl (C=O) groups is 1. The average molecular weight is 328 g/mol. The molecule has 112 valence electrons. The van der Waals surface area contributed by atoms with Crippen molar-refractivity contribution in [1.29, 1.82) is 0 Å². The first kappa shape index (κ1) is 15.9. The Balaban J connectivity index is 2.54. The van der Waals surface area contributed by atoms with Crippen molar-refractivity contribution in [1.82, 2.24) is 4.98 Å². The number of nitrogens with zero attached hydrogens (tertiary/aromatic N) is 1. The van der Waals surface area contributed by atoms with E-state index in [1.54, 1.807) is 25.1 Å². The minimum absolute atomic E-state index is 0.0138. The molecule has 2 aromatic rings. The fraction of sp³-hybridized carbons (Fsp3) is 0.333. The minimum Gasteiger partial charge on any atom is -0.460 e. The number of hydrogen-bond donors (Lipinski definition) is 0. The first-order valence-corrected chi connectivity index (χ1v) is 7.33. The summed E-state index contributed by atoms with van der Waals surface area (Å²) in [7, 11) is 0. The Morgan fingerprint density at radius 3 is 2.71 bits per heavy atom. The third kappa shape index (κ3) is 3.22. The molecule has 0 spiro atoms. The number of rotatable bonds is 4. The number of ether oxygens (including phenoxy) is 1. The van der Waals surface area contributed by atoms with E-state index >= 15 is 0 Å². The standard InChI is InChI=1S/C15H15Cl2NO3/c1-4-20-15(19)13-12(8(2)3)18-14(21-13)9-6-5-7-10(16)11(9)17/h5-8H,4H2,1-3H3. The Morgan fingerprint density at radius 1 is 1.38 bits per heavy atom. The average Bonchev–Trinajstić information content (AvgIpc) is 2.87. The van der Waals surface area contributed by atoms with Crippen LogP contribution in [0.2, 0.25) is 10.0 Å². The van der Waals surface area contributed by atoms with E-state index in [9.17, 15) is 4.79 Å². The SMILES string of the molecule is CCOC(=O)c1oc(-c2cccc(Cl)c2Cl)nc1C(C)C. The molecular weight excluding hydrogens is 313 g/mol. The Labute approximate surface area is 133 Å². The van der Waals surface area contributed by atoms with Crippen LogP contribution < -0.4 is 0 Å². The summed E-state index contributed by atoms with van der Waals surface area (Å²) in [5, 5.41) is 0.738. The number of carbonyl (C=O) groups excluding carboxylic acids is 1. The van der Waals surface area contributed by atoms with Gasteiger partial charge in [0, 0.05) is 0 Å². The molecule has 0 aliphatic rings. The van der Waals surface area contributed by atoms with Crippen molar-refractivity contribution < 1.29 is 13.9 Å². The van der Waals surface area contributed by atoms with Crippen LogP contribution in [-0.4, -0.2) is 17.6 Å². The summed E-state index contributed by atoms with van der Waals surface area (Å²) in [4.78, 5) is 16.3. The normalized spacial score (nSPS) is 11.0. The maximum atomic E-state index is 12.0. The number of benzene rings is 1. The van der Waals surface area contributed by atoms with Gasteiger partial charge in [0.25, 0.3) is 0 Å². The summed E-state index contributed by atoms with van der Waals surface area (Å²) in [5.74, 6) is -0.148. The maximum absolute atomic E-state index is 12.0. The second-order valence-electron chi connectivity index (χ2n) is 4.71. The lowest BCUT2D eigenvalue weighted by Gasteiger charge is -2.02. The Morgan fingerprint density at radius 2 is 2.10 bits per heavy atom. The van der Waals surface area contributed by atoms with E-state index in [1.807, 2.05) is 13.8 Å². The van der Waals surface area contributed by atoms with Gasteiger partial charge in [-0.2, -0.15) is 0 Å². The molecule has 21 heavy (non-hydrogen) atoms. The van der Waals surface area contributed by atoms with E-state index in [1.165, 1.54) is 0 Å². The van der Waals surface area contributed by atoms with Crippen LogP contribution in [0, 0.1) is 0 Å². The number of aromatic nitrogens is 1. The van der Waals surface area contributed by atoms with E-state index in [0.717, 1.165) is 0 Å². The third-order valence-corrected chi connectivity index (χ3v) is 3.66. The lowest BCUT2D eigenvalue weighted by Crippen LogP contribution is -2.07. The van der Waals surface area contributed by atoms with Gasteiger partial charge in [-0.15, -0.1) is 0 Å². The molecule has 4 nitrogen and oxygen atoms in total. The van der Waals surface area contributed by atoms with Crippen molar-refractivity contribution in [2.24, 2.45) is 0 Å². The van der Waals surface area contributed by atoms with Gasteiger partial charge < -0.3 is 9.15 Å². The van der Waals surface area contributed by atoms with Gasteiger partial charge in [0.2, 0.25) is 11.7 Å². The largest absolute Gasteiger partial charge is 0.460 e. The van der Waals surface area contributed by atoms with Crippen LogP contribution in [0.5, 0.6) is 0 Å². The van der Waals surface area contributed by atoms with Crippen LogP contribution in [-0.2, 0) is 4.74 Å². The Bertz CT molecular complexity index is 665. The monoisotopic (exact) mass is 327 g/mol. The first-order chi connectivity index (χ1) is 9.95. The molecule has 0 saturated carbocycles. The molecule has 0 fully saturated rings. The fourth-order valence-corrected chi connectivity index (χ4v) is 2.23. The van der Waals surface area contributed by atoms with Gasteiger partial charge in [-0.05, 0) is 25.0 Å². The minimum atomic E-state index is -0.530. The molecule has 2 rings (SSSR count). The van der Waals surface area contributed by atoms with E-state index in [0.29, 0.717) is 21.3 Å². The Hall–Kier alpha value is -1.52. The molecular formula is C15H15Cl2NO3. The van der Waals surface area contributed by atoms with Gasteiger partial charge >= 0.3 is 5.97 Å². The van der Waals surface area contributed by atoms with Crippen molar-refractivity contribution in [3.05, 3.63) is 39.7 Å². The first-order valence-electron chi connectivity index (χ1n) is 6.57. The lowest BCUT2D eigenvalue weighted by atomic mass is 10.1. The predicted octanol–water partition coefficient (Wildman–Crippen LogP) is 4.95. The zero-order valence-corrected chi connectivity index (χ0v) is 13.5. The topological polar surface area (TPSA) is 52.3 Å². The molecule has 0 bridgehead atoms. The molecule has 0 unspecified atom stereocenters. The van der Waals surface area contributed by atoms with Crippen LogP contribution in [0.1, 0.15) is 42.9 Å². The molecule has 6 heteroatoms. The van der Waals surface area contributed by atoms with Crippen LogP contribution in [0.25, 0.3) is 11.5 Å². The molecule has 0 atom stereocenters. The number of hydrogen-bond acceptors (Lipinski definition) is 4. The van der Waals surface area contributed by atoms with Gasteiger partial charge in [0.15, 0.2) is 0 Å². The maximum Gasteiger partial charge on any atom is 0.376 e. The van der Waals surface area contributed by atoms with Crippen molar-refractivity contribution in [3.63, 3.8) is 0 Å². The predicted molar refractivity (Wildman–Crippen MR) is 82.0 cm³/mol. The van der Waals surface area contributed by atoms with Gasteiger partial charge in [-0.25, -0.2) is 9.78 Å². The molecule has 1 aromatic carbocycles. The van der Waals surface area contributed by atoms with Gasteiger partial charge in [-0.1, -0.05) is 43.1 Å². The second kappa shape index (κ2) is 6.50. The summed E-state index contributed by atoms with van der Waals surface area (Å²) < 4.78 is 10.6. The highest BCUT2D eigenvalue weighted by molar-refractivity contribution is 6.43. The van der Waals surface area contributed by atoms with Gasteiger partial charge in [0.05, 0.1) is 27.9 Å². The van der Waals surface area contributed by atoms with Gasteiger partial charge in [0.1, 0.15) is 0 Å². The fourth-order valence-electron chi connectivity index (χ4n) is 1.85. The summed E-state index contributed by atoms with van der Waals surface area (Å²) in [6, 6.07) is 5.15. The summed E-state index contributed by atoms with van der Waals surface area (Å²) in [6.45, 7) is 5.84. The van der Waals surface area contributed by atoms with E-state index in [4.69, 9.17) is 32.4 Å². The number of oxazole rings is 1. The van der Waals surface area contributed by atoms with Gasteiger partial charge in [-0.3, -0.25) is 0 Å². The molecule has 1 aromatic heterocycles. The van der Waals surface area contributed by atoms with Crippen molar-refractivity contribution in [2.45, 2.75) is 26.7 Å². The summed E-state index contributed by atoms with van der Waals surface area (Å²) in [5.41, 5.74) is 1.08. The molecule has 0 amide bonds. The van der Waals surface area contributed by atoms with E-state index in [2.05, 4.69) is 4.98 Å². The van der Waals surface area contributed by atoms with Crippen molar-refractivity contribution in [2.75, 3.05) is 6.61 Å². The zero-order chi connectivity index (χ0) is 15.6. The van der Waals surface area contributed by atoms with E-state index in [-0.39, 0.29) is 24.2 Å². The van der Waals surface area contributed by atoms with Crippen LogP contribution >= 0.6 is 23.2 Å². The van der Waals surface area contributed by atoms with Crippen LogP contribution in [0.4, 0.5) is 0 Å². The van der Waals surface area contributed by atoms with Crippen molar-refractivity contribution in [3.8, 4) is 11.5 Å². The number of halogens is 2. The summed E-state index contributed by atoms with van der Waals surface area (Å²) >= 11 is 12.2. The van der Waals surface area contributed by atoms with Crippen LogP contribution in [0.3, 0.4) is 0 Å². The third-order valence-electron chi connectivity index (χ3n) is 2.84. The van der Waals surface area contributed by atoms with E-state index < -0.39 is 5.97 Å². The summed E-state index contributed by atoms with van der Waals surface area (Å²) in [6.07, 6.45) is 0. The Kier molecular flexibility index (Phi) is 4.91. The molecule has 0 aliphatic carbocycles. The molecule has 0 N–H and O–H groups in total. The highest BCUT2D eigenvalue weighted by atomic mass is 35.5. The highest BCUT2D eigenvalue weighted by Gasteiger charge is 2.25. The second-order valence-corrected chi connectivity index (χ2v) is 5.50. The number of esters is 1. The smallest absolute Gasteiger partial charge is 0.376 e. The quantitative estimate of drug-likeness (QED) is 0.745. The highest BCUT2D eigenvalue weighted by Crippen LogP contribution is 2.35. The molecule has 0 aliphatic heterocycles. The molecule has 0 saturated heterocycles. The van der Waals surface area contributed by atoms with Crippen LogP contribution in [0.15, 0.2) is 22.6 Å². The molecule has 0 radical (unpaired) electrons. The lowest BCUT2D eigenvalue weighted by molar-refractivity contribution is 0.0488.